The lowest BCUT2D eigenvalue weighted by Crippen LogP contribution is -2.41. The summed E-state index contributed by atoms with van der Waals surface area (Å²) in [5.74, 6) is -0.889. The normalized spacial score (nSPS) is 10.0. The van der Waals surface area contributed by atoms with Gasteiger partial charge in [-0.05, 0) is 36.6 Å². The fourth-order valence-electron chi connectivity index (χ4n) is 1.83. The molecule has 0 aliphatic heterocycles. The van der Waals surface area contributed by atoms with Crippen LogP contribution in [0, 0.1) is 0 Å². The number of nitrogens with one attached hydrogen (secondary N) is 2. The number of carbonyl (C=O) groups is 2. The number of pyridine rings is 2. The standard InChI is InChI=1S/C16H18N4O2/c1-2-3-5-12-7-8-14(18-10-12)16(22)20-19-15(21)13-6-4-9-17-11-13/h4,6-11H,2-3,5H2,1H3,(H,19,21)(H,20,22). The molecular weight excluding hydrogens is 280 g/mol. The Labute approximate surface area is 129 Å². The fraction of sp³-hybridized carbons (Fsp3) is 0.250. The van der Waals surface area contributed by atoms with E-state index in [0.717, 1.165) is 24.8 Å². The van der Waals surface area contributed by atoms with Crippen molar-refractivity contribution in [3.05, 3.63) is 59.7 Å². The van der Waals surface area contributed by atoms with Crippen molar-refractivity contribution < 1.29 is 9.59 Å². The van der Waals surface area contributed by atoms with E-state index in [1.165, 1.54) is 6.20 Å². The lowest BCUT2D eigenvalue weighted by molar-refractivity contribution is 0.0843. The van der Waals surface area contributed by atoms with Gasteiger partial charge >= 0.3 is 0 Å². The number of hydrazine groups is 1. The van der Waals surface area contributed by atoms with Crippen LogP contribution >= 0.6 is 0 Å². The van der Waals surface area contributed by atoms with Crippen LogP contribution in [-0.4, -0.2) is 21.8 Å². The average molecular weight is 298 g/mol. The van der Waals surface area contributed by atoms with E-state index >= 15 is 0 Å². The van der Waals surface area contributed by atoms with Gasteiger partial charge < -0.3 is 0 Å². The van der Waals surface area contributed by atoms with Crippen LogP contribution in [0.3, 0.4) is 0 Å². The molecule has 0 fully saturated rings. The molecule has 114 valence electrons. The van der Waals surface area contributed by atoms with Gasteiger partial charge in [-0.15, -0.1) is 0 Å². The smallest absolute Gasteiger partial charge is 0.267 e. The number of rotatable bonds is 5. The summed E-state index contributed by atoms with van der Waals surface area (Å²) in [5, 5.41) is 0. The maximum absolute atomic E-state index is 11.9. The first-order valence-corrected chi connectivity index (χ1v) is 7.16. The van der Waals surface area contributed by atoms with Gasteiger partial charge in [-0.2, -0.15) is 0 Å². The minimum Gasteiger partial charge on any atom is -0.267 e. The summed E-state index contributed by atoms with van der Waals surface area (Å²) in [5.41, 5.74) is 6.38. The first-order valence-electron chi connectivity index (χ1n) is 7.16. The van der Waals surface area contributed by atoms with Crippen LogP contribution in [-0.2, 0) is 6.42 Å². The number of hydrogen-bond donors (Lipinski definition) is 2. The molecule has 2 aromatic heterocycles. The largest absolute Gasteiger partial charge is 0.288 e. The number of aryl methyl sites for hydroxylation is 1. The minimum atomic E-state index is -0.459. The number of nitrogens with zero attached hydrogens (tertiary/aromatic N) is 2. The fourth-order valence-corrected chi connectivity index (χ4v) is 1.83. The van der Waals surface area contributed by atoms with Gasteiger partial charge in [0.25, 0.3) is 11.8 Å². The molecule has 22 heavy (non-hydrogen) atoms. The Kier molecular flexibility index (Phi) is 5.59. The number of unbranched alkanes of at least 4 members (excludes halogenated alkanes) is 1. The van der Waals surface area contributed by atoms with E-state index in [2.05, 4.69) is 27.7 Å². The van der Waals surface area contributed by atoms with Crippen molar-refractivity contribution in [1.82, 2.24) is 20.8 Å². The second-order valence-corrected chi connectivity index (χ2v) is 4.81. The van der Waals surface area contributed by atoms with E-state index < -0.39 is 11.8 Å². The molecule has 2 aromatic rings. The lowest BCUT2D eigenvalue weighted by atomic mass is 10.1. The molecule has 0 spiro atoms. The maximum atomic E-state index is 11.9. The van der Waals surface area contributed by atoms with Gasteiger partial charge in [0.2, 0.25) is 0 Å². The lowest BCUT2D eigenvalue weighted by Gasteiger charge is -2.07. The molecule has 2 amide bonds. The molecule has 0 radical (unpaired) electrons. The Morgan fingerprint density at radius 2 is 1.91 bits per heavy atom. The van der Waals surface area contributed by atoms with Gasteiger partial charge in [0.15, 0.2) is 0 Å². The summed E-state index contributed by atoms with van der Waals surface area (Å²) in [6.07, 6.45) is 7.83. The minimum absolute atomic E-state index is 0.256. The summed E-state index contributed by atoms with van der Waals surface area (Å²) in [7, 11) is 0. The van der Waals surface area contributed by atoms with Crippen LogP contribution in [0.2, 0.25) is 0 Å². The number of carbonyl (C=O) groups excluding carboxylic acids is 2. The van der Waals surface area contributed by atoms with E-state index in [0.29, 0.717) is 5.56 Å². The van der Waals surface area contributed by atoms with Gasteiger partial charge in [-0.25, -0.2) is 0 Å². The highest BCUT2D eigenvalue weighted by atomic mass is 16.2. The summed E-state index contributed by atoms with van der Waals surface area (Å²) < 4.78 is 0. The Hall–Kier alpha value is -2.76. The molecule has 0 bridgehead atoms. The number of hydrogen-bond acceptors (Lipinski definition) is 4. The van der Waals surface area contributed by atoms with Crippen LogP contribution in [0.15, 0.2) is 42.9 Å². The van der Waals surface area contributed by atoms with Crippen molar-refractivity contribution in [2.75, 3.05) is 0 Å². The third-order valence-electron chi connectivity index (χ3n) is 3.09. The molecule has 2 heterocycles. The molecule has 0 saturated heterocycles. The molecule has 6 nitrogen and oxygen atoms in total. The van der Waals surface area contributed by atoms with E-state index in [4.69, 9.17) is 0 Å². The van der Waals surface area contributed by atoms with Gasteiger partial charge in [-0.3, -0.25) is 30.4 Å². The quantitative estimate of drug-likeness (QED) is 0.826. The molecule has 0 aliphatic rings. The second-order valence-electron chi connectivity index (χ2n) is 4.81. The molecule has 0 saturated carbocycles. The van der Waals surface area contributed by atoms with E-state index in [-0.39, 0.29) is 5.69 Å². The highest BCUT2D eigenvalue weighted by molar-refractivity contribution is 5.98. The van der Waals surface area contributed by atoms with Crippen molar-refractivity contribution in [2.45, 2.75) is 26.2 Å². The van der Waals surface area contributed by atoms with Crippen LogP contribution in [0.1, 0.15) is 46.2 Å². The van der Waals surface area contributed by atoms with Gasteiger partial charge in [0.05, 0.1) is 5.56 Å². The van der Waals surface area contributed by atoms with Gasteiger partial charge in [0.1, 0.15) is 5.69 Å². The third kappa shape index (κ3) is 4.37. The Bertz CT molecular complexity index is 626. The van der Waals surface area contributed by atoms with Gasteiger partial charge in [-0.1, -0.05) is 19.4 Å². The predicted molar refractivity (Wildman–Crippen MR) is 82.0 cm³/mol. The van der Waals surface area contributed by atoms with E-state index in [1.807, 2.05) is 6.07 Å². The molecule has 0 aromatic carbocycles. The van der Waals surface area contributed by atoms with Crippen LogP contribution in [0.5, 0.6) is 0 Å². The maximum Gasteiger partial charge on any atom is 0.288 e. The van der Waals surface area contributed by atoms with Crippen molar-refractivity contribution in [3.63, 3.8) is 0 Å². The second kappa shape index (κ2) is 7.87. The third-order valence-corrected chi connectivity index (χ3v) is 3.09. The van der Waals surface area contributed by atoms with Crippen LogP contribution < -0.4 is 10.9 Å². The first-order chi connectivity index (χ1) is 10.7. The number of aromatic nitrogens is 2. The van der Waals surface area contributed by atoms with Crippen molar-refractivity contribution in [2.24, 2.45) is 0 Å². The van der Waals surface area contributed by atoms with E-state index in [1.54, 1.807) is 30.6 Å². The SMILES string of the molecule is CCCCc1ccc(C(=O)NNC(=O)c2cccnc2)nc1. The monoisotopic (exact) mass is 298 g/mol. The number of amides is 2. The molecule has 0 unspecified atom stereocenters. The van der Waals surface area contributed by atoms with Crippen molar-refractivity contribution in [3.8, 4) is 0 Å². The highest BCUT2D eigenvalue weighted by Crippen LogP contribution is 2.05. The Morgan fingerprint density at radius 3 is 2.55 bits per heavy atom. The molecule has 2 N–H and O–H groups in total. The van der Waals surface area contributed by atoms with Crippen LogP contribution in [0.4, 0.5) is 0 Å². The summed E-state index contributed by atoms with van der Waals surface area (Å²) in [6.45, 7) is 2.13. The zero-order valence-electron chi connectivity index (χ0n) is 12.4. The average Bonchev–Trinajstić information content (AvgIpc) is 2.58. The zero-order chi connectivity index (χ0) is 15.8. The summed E-state index contributed by atoms with van der Waals surface area (Å²) in [6, 6.07) is 6.78. The molecule has 0 aliphatic carbocycles. The van der Waals surface area contributed by atoms with Crippen molar-refractivity contribution >= 4 is 11.8 Å². The summed E-state index contributed by atoms with van der Waals surface area (Å²) >= 11 is 0. The van der Waals surface area contributed by atoms with Gasteiger partial charge in [0, 0.05) is 18.6 Å². The van der Waals surface area contributed by atoms with Crippen LogP contribution in [0.25, 0.3) is 0 Å². The predicted octanol–water partition coefficient (Wildman–Crippen LogP) is 1.89. The Balaban J connectivity index is 1.88. The Morgan fingerprint density at radius 1 is 1.09 bits per heavy atom. The molecule has 2 rings (SSSR count). The zero-order valence-corrected chi connectivity index (χ0v) is 12.4. The molecular formula is C16H18N4O2. The first kappa shape index (κ1) is 15.6. The van der Waals surface area contributed by atoms with E-state index in [9.17, 15) is 9.59 Å². The molecule has 0 atom stereocenters. The topological polar surface area (TPSA) is 84.0 Å². The highest BCUT2D eigenvalue weighted by Gasteiger charge is 2.10. The summed E-state index contributed by atoms with van der Waals surface area (Å²) in [4.78, 5) is 31.6. The molecule has 6 heteroatoms. The van der Waals surface area contributed by atoms with Crippen molar-refractivity contribution in [1.29, 1.82) is 0 Å².